The Morgan fingerprint density at radius 3 is 2.76 bits per heavy atom. The summed E-state index contributed by atoms with van der Waals surface area (Å²) >= 11 is 0. The minimum absolute atomic E-state index is 0.0804. The topological polar surface area (TPSA) is 95.6 Å². The van der Waals surface area contributed by atoms with E-state index >= 15 is 0 Å². The molecule has 1 atom stereocenters. The van der Waals surface area contributed by atoms with Crippen LogP contribution in [0, 0.1) is 0 Å². The van der Waals surface area contributed by atoms with E-state index in [1.165, 1.54) is 12.1 Å². The molecule has 17 heavy (non-hydrogen) atoms. The number of nitrogens with two attached hydrogens (primary N) is 1. The van der Waals surface area contributed by atoms with Crippen LogP contribution in [0.4, 0.5) is 0 Å². The summed E-state index contributed by atoms with van der Waals surface area (Å²) in [5.41, 5.74) is 5.89. The number of rotatable bonds is 5. The first kappa shape index (κ1) is 13.3. The highest BCUT2D eigenvalue weighted by atomic mass is 16.3. The van der Waals surface area contributed by atoms with Crippen LogP contribution in [0.2, 0.25) is 0 Å². The van der Waals surface area contributed by atoms with E-state index in [0.717, 1.165) is 18.9 Å². The summed E-state index contributed by atoms with van der Waals surface area (Å²) in [7, 11) is 0. The first-order chi connectivity index (χ1) is 8.04. The molecule has 5 heteroatoms. The lowest BCUT2D eigenvalue weighted by atomic mass is 10.1. The summed E-state index contributed by atoms with van der Waals surface area (Å²) in [5, 5.41) is 21.2. The van der Waals surface area contributed by atoms with E-state index in [1.807, 2.05) is 6.92 Å². The van der Waals surface area contributed by atoms with E-state index in [0.29, 0.717) is 6.54 Å². The van der Waals surface area contributed by atoms with Crippen LogP contribution >= 0.6 is 0 Å². The zero-order valence-corrected chi connectivity index (χ0v) is 9.81. The fraction of sp³-hybridized carbons (Fsp3) is 0.417. The van der Waals surface area contributed by atoms with Crippen LogP contribution in [0.5, 0.6) is 11.5 Å². The van der Waals surface area contributed by atoms with Crippen molar-refractivity contribution in [3.63, 3.8) is 0 Å². The molecular weight excluding hydrogens is 220 g/mol. The van der Waals surface area contributed by atoms with Gasteiger partial charge in [0.05, 0.1) is 5.56 Å². The standard InChI is InChI=1S/C12H18N2O3/c1-2-3-8(13)7-14-12(17)10-5-4-9(15)6-11(10)16/h4-6,8,15-16H,2-3,7,13H2,1H3,(H,14,17). The first-order valence-corrected chi connectivity index (χ1v) is 5.60. The lowest BCUT2D eigenvalue weighted by molar-refractivity contribution is 0.0948. The van der Waals surface area contributed by atoms with E-state index in [2.05, 4.69) is 5.32 Å². The molecule has 0 saturated carbocycles. The Hall–Kier alpha value is -1.75. The highest BCUT2D eigenvalue weighted by Gasteiger charge is 2.12. The van der Waals surface area contributed by atoms with Crippen LogP contribution in [-0.2, 0) is 0 Å². The number of amides is 1. The molecule has 0 heterocycles. The maximum atomic E-state index is 11.7. The molecule has 1 aromatic rings. The molecular formula is C12H18N2O3. The zero-order valence-electron chi connectivity index (χ0n) is 9.81. The van der Waals surface area contributed by atoms with Gasteiger partial charge in [-0.3, -0.25) is 4.79 Å². The fourth-order valence-corrected chi connectivity index (χ4v) is 1.50. The van der Waals surface area contributed by atoms with Crippen molar-refractivity contribution in [3.8, 4) is 11.5 Å². The van der Waals surface area contributed by atoms with Crippen molar-refractivity contribution in [1.29, 1.82) is 0 Å². The summed E-state index contributed by atoms with van der Waals surface area (Å²) in [5.74, 6) is -0.720. The monoisotopic (exact) mass is 238 g/mol. The quantitative estimate of drug-likeness (QED) is 0.614. The van der Waals surface area contributed by atoms with Gasteiger partial charge in [-0.15, -0.1) is 0 Å². The molecule has 0 aliphatic rings. The maximum absolute atomic E-state index is 11.7. The smallest absolute Gasteiger partial charge is 0.255 e. The Kier molecular flexibility index (Phi) is 4.78. The minimum Gasteiger partial charge on any atom is -0.508 e. The molecule has 5 N–H and O–H groups in total. The minimum atomic E-state index is -0.394. The number of hydrogen-bond donors (Lipinski definition) is 4. The van der Waals surface area contributed by atoms with Gasteiger partial charge in [0, 0.05) is 18.7 Å². The summed E-state index contributed by atoms with van der Waals surface area (Å²) in [4.78, 5) is 11.7. The van der Waals surface area contributed by atoms with Crippen molar-refractivity contribution in [2.24, 2.45) is 5.73 Å². The summed E-state index contributed by atoms with van der Waals surface area (Å²) in [6.07, 6.45) is 1.79. The summed E-state index contributed by atoms with van der Waals surface area (Å²) in [6, 6.07) is 3.76. The van der Waals surface area contributed by atoms with E-state index in [9.17, 15) is 9.90 Å². The van der Waals surface area contributed by atoms with Crippen LogP contribution in [0.1, 0.15) is 30.1 Å². The van der Waals surface area contributed by atoms with Crippen molar-refractivity contribution in [2.75, 3.05) is 6.54 Å². The van der Waals surface area contributed by atoms with Crippen molar-refractivity contribution in [1.82, 2.24) is 5.32 Å². The summed E-state index contributed by atoms with van der Waals surface area (Å²) < 4.78 is 0. The molecule has 0 spiro atoms. The third kappa shape index (κ3) is 3.96. The van der Waals surface area contributed by atoms with E-state index < -0.39 is 5.91 Å². The Bertz CT molecular complexity index is 393. The van der Waals surface area contributed by atoms with Crippen LogP contribution in [0.3, 0.4) is 0 Å². The number of nitrogens with one attached hydrogen (secondary N) is 1. The van der Waals surface area contributed by atoms with E-state index in [4.69, 9.17) is 10.8 Å². The Balaban J connectivity index is 2.58. The van der Waals surface area contributed by atoms with Crippen molar-refractivity contribution in [3.05, 3.63) is 23.8 Å². The molecule has 0 aliphatic heterocycles. The molecule has 1 amide bonds. The van der Waals surface area contributed by atoms with Gasteiger partial charge in [0.2, 0.25) is 0 Å². The Morgan fingerprint density at radius 1 is 1.47 bits per heavy atom. The molecule has 94 valence electrons. The van der Waals surface area contributed by atoms with Crippen molar-refractivity contribution >= 4 is 5.91 Å². The average Bonchev–Trinajstić information content (AvgIpc) is 2.26. The van der Waals surface area contributed by atoms with Gasteiger partial charge in [-0.2, -0.15) is 0 Å². The largest absolute Gasteiger partial charge is 0.508 e. The third-order valence-corrected chi connectivity index (χ3v) is 2.41. The molecule has 1 rings (SSSR count). The van der Waals surface area contributed by atoms with E-state index in [1.54, 1.807) is 0 Å². The number of benzene rings is 1. The Labute approximate surface area is 100 Å². The van der Waals surface area contributed by atoms with Crippen LogP contribution in [0.25, 0.3) is 0 Å². The van der Waals surface area contributed by atoms with Gasteiger partial charge < -0.3 is 21.3 Å². The number of carbonyl (C=O) groups excluding carboxylic acids is 1. The molecule has 0 aliphatic carbocycles. The molecule has 0 radical (unpaired) electrons. The second kappa shape index (κ2) is 6.10. The SMILES string of the molecule is CCCC(N)CNC(=O)c1ccc(O)cc1O. The molecule has 0 saturated heterocycles. The number of phenolic OH excluding ortho intramolecular Hbond substituents is 2. The lowest BCUT2D eigenvalue weighted by Gasteiger charge is -2.12. The fourth-order valence-electron chi connectivity index (χ4n) is 1.50. The average molecular weight is 238 g/mol. The number of aromatic hydroxyl groups is 2. The number of phenols is 2. The molecule has 0 fully saturated rings. The van der Waals surface area contributed by atoms with Gasteiger partial charge in [0.25, 0.3) is 5.91 Å². The number of hydrogen-bond acceptors (Lipinski definition) is 4. The van der Waals surface area contributed by atoms with Crippen LogP contribution < -0.4 is 11.1 Å². The van der Waals surface area contributed by atoms with Gasteiger partial charge in [0.15, 0.2) is 0 Å². The van der Waals surface area contributed by atoms with Crippen molar-refractivity contribution < 1.29 is 15.0 Å². The van der Waals surface area contributed by atoms with E-state index in [-0.39, 0.29) is 23.1 Å². The lowest BCUT2D eigenvalue weighted by Crippen LogP contribution is -2.37. The van der Waals surface area contributed by atoms with Gasteiger partial charge in [0.1, 0.15) is 11.5 Å². The third-order valence-electron chi connectivity index (χ3n) is 2.41. The van der Waals surface area contributed by atoms with Crippen LogP contribution in [-0.4, -0.2) is 28.7 Å². The predicted octanol–water partition coefficient (Wildman–Crippen LogP) is 0.955. The first-order valence-electron chi connectivity index (χ1n) is 5.60. The molecule has 5 nitrogen and oxygen atoms in total. The molecule has 0 bridgehead atoms. The molecule has 1 unspecified atom stereocenters. The van der Waals surface area contributed by atoms with Crippen LogP contribution in [0.15, 0.2) is 18.2 Å². The zero-order chi connectivity index (χ0) is 12.8. The van der Waals surface area contributed by atoms with Crippen molar-refractivity contribution in [2.45, 2.75) is 25.8 Å². The second-order valence-corrected chi connectivity index (χ2v) is 3.96. The number of carbonyl (C=O) groups is 1. The normalized spacial score (nSPS) is 12.1. The summed E-state index contributed by atoms with van der Waals surface area (Å²) in [6.45, 7) is 2.39. The maximum Gasteiger partial charge on any atom is 0.255 e. The van der Waals surface area contributed by atoms with Gasteiger partial charge in [-0.1, -0.05) is 13.3 Å². The highest BCUT2D eigenvalue weighted by Crippen LogP contribution is 2.22. The van der Waals surface area contributed by atoms with Gasteiger partial charge in [-0.05, 0) is 18.6 Å². The Morgan fingerprint density at radius 2 is 2.18 bits per heavy atom. The van der Waals surface area contributed by atoms with Gasteiger partial charge >= 0.3 is 0 Å². The molecule has 0 aromatic heterocycles. The van der Waals surface area contributed by atoms with Gasteiger partial charge in [-0.25, -0.2) is 0 Å². The highest BCUT2D eigenvalue weighted by molar-refractivity contribution is 5.96. The second-order valence-electron chi connectivity index (χ2n) is 3.96. The molecule has 1 aromatic carbocycles. The predicted molar refractivity (Wildman–Crippen MR) is 65.0 cm³/mol.